The SMILES string of the molecule is CCC1CCCCN1C(=O)c1cc(C)c(/C=C/C(=O)O)s1. The summed E-state index contributed by atoms with van der Waals surface area (Å²) in [6.45, 7) is 4.86. The Bertz CT molecular complexity index is 562. The Morgan fingerprint density at radius 2 is 2.24 bits per heavy atom. The van der Waals surface area contributed by atoms with E-state index in [2.05, 4.69) is 6.92 Å². The van der Waals surface area contributed by atoms with Crippen molar-refractivity contribution in [3.8, 4) is 0 Å². The van der Waals surface area contributed by atoms with Crippen molar-refractivity contribution in [3.63, 3.8) is 0 Å². The zero-order chi connectivity index (χ0) is 15.4. The molecule has 1 aromatic rings. The first kappa shape index (κ1) is 15.8. The van der Waals surface area contributed by atoms with Crippen molar-refractivity contribution in [1.29, 1.82) is 0 Å². The predicted molar refractivity (Wildman–Crippen MR) is 84.7 cm³/mol. The van der Waals surface area contributed by atoms with Crippen LogP contribution in [-0.2, 0) is 4.79 Å². The lowest BCUT2D eigenvalue weighted by molar-refractivity contribution is -0.131. The van der Waals surface area contributed by atoms with E-state index in [1.165, 1.54) is 17.8 Å². The Morgan fingerprint density at radius 1 is 1.48 bits per heavy atom. The molecule has 0 aliphatic carbocycles. The summed E-state index contributed by atoms with van der Waals surface area (Å²) in [6.07, 6.45) is 7.01. The highest BCUT2D eigenvalue weighted by atomic mass is 32.1. The van der Waals surface area contributed by atoms with Gasteiger partial charge in [-0.1, -0.05) is 6.92 Å². The summed E-state index contributed by atoms with van der Waals surface area (Å²) >= 11 is 1.37. The lowest BCUT2D eigenvalue weighted by Crippen LogP contribution is -2.43. The van der Waals surface area contributed by atoms with E-state index in [4.69, 9.17) is 5.11 Å². The number of aliphatic carboxylic acids is 1. The summed E-state index contributed by atoms with van der Waals surface area (Å²) in [5, 5.41) is 8.69. The van der Waals surface area contributed by atoms with Crippen molar-refractivity contribution >= 4 is 29.3 Å². The minimum atomic E-state index is -0.974. The van der Waals surface area contributed by atoms with Crippen molar-refractivity contribution in [2.24, 2.45) is 0 Å². The highest BCUT2D eigenvalue weighted by molar-refractivity contribution is 7.15. The smallest absolute Gasteiger partial charge is 0.328 e. The maximum Gasteiger partial charge on any atom is 0.328 e. The summed E-state index contributed by atoms with van der Waals surface area (Å²) in [5.74, 6) is -0.887. The lowest BCUT2D eigenvalue weighted by atomic mass is 10.00. The molecular weight excluding hydrogens is 286 g/mol. The van der Waals surface area contributed by atoms with E-state index in [0.717, 1.165) is 42.3 Å². The van der Waals surface area contributed by atoms with Gasteiger partial charge in [-0.2, -0.15) is 0 Å². The zero-order valence-electron chi connectivity index (χ0n) is 12.5. The predicted octanol–water partition coefficient (Wildman–Crippen LogP) is 3.56. The van der Waals surface area contributed by atoms with Gasteiger partial charge in [0.2, 0.25) is 0 Å². The molecule has 1 saturated heterocycles. The minimum absolute atomic E-state index is 0.0876. The number of carbonyl (C=O) groups excluding carboxylic acids is 1. The Balaban J connectivity index is 2.19. The standard InChI is InChI=1S/C16H21NO3S/c1-3-12-6-4-5-9-17(12)16(20)14-10-11(2)13(21-14)7-8-15(18)19/h7-8,10,12H,3-6,9H2,1-2H3,(H,18,19)/b8-7+. The number of hydrogen-bond donors (Lipinski definition) is 1. The molecule has 0 spiro atoms. The normalized spacial score (nSPS) is 19.1. The summed E-state index contributed by atoms with van der Waals surface area (Å²) < 4.78 is 0. The van der Waals surface area contributed by atoms with Crippen molar-refractivity contribution in [2.45, 2.75) is 45.6 Å². The molecule has 1 aliphatic rings. The molecular formula is C16H21NO3S. The number of thiophene rings is 1. The van der Waals surface area contributed by atoms with Crippen LogP contribution in [0.15, 0.2) is 12.1 Å². The molecule has 1 amide bonds. The van der Waals surface area contributed by atoms with E-state index < -0.39 is 5.97 Å². The van der Waals surface area contributed by atoms with Gasteiger partial charge in [0.1, 0.15) is 0 Å². The number of carboxylic acids is 1. The van der Waals surface area contributed by atoms with Crippen LogP contribution in [0.1, 0.15) is 52.7 Å². The molecule has 4 nitrogen and oxygen atoms in total. The first-order valence-electron chi connectivity index (χ1n) is 7.35. The monoisotopic (exact) mass is 307 g/mol. The van der Waals surface area contributed by atoms with Crippen LogP contribution in [0.5, 0.6) is 0 Å². The number of carbonyl (C=O) groups is 2. The third kappa shape index (κ3) is 3.73. The van der Waals surface area contributed by atoms with Crippen molar-refractivity contribution in [2.75, 3.05) is 6.54 Å². The number of carboxylic acid groups (broad SMARTS) is 1. The van der Waals surface area contributed by atoms with Crippen LogP contribution >= 0.6 is 11.3 Å². The van der Waals surface area contributed by atoms with E-state index in [0.29, 0.717) is 10.9 Å². The molecule has 2 rings (SSSR count). The number of aryl methyl sites for hydroxylation is 1. The average molecular weight is 307 g/mol. The molecule has 1 unspecified atom stereocenters. The Labute approximate surface area is 129 Å². The van der Waals surface area contributed by atoms with Crippen LogP contribution in [0.3, 0.4) is 0 Å². The molecule has 1 atom stereocenters. The molecule has 0 saturated carbocycles. The number of hydrogen-bond acceptors (Lipinski definition) is 3. The molecule has 5 heteroatoms. The van der Waals surface area contributed by atoms with Crippen LogP contribution in [0, 0.1) is 6.92 Å². The fourth-order valence-corrected chi connectivity index (χ4v) is 3.78. The number of piperidine rings is 1. The maximum atomic E-state index is 12.7. The summed E-state index contributed by atoms with van der Waals surface area (Å²) in [5.41, 5.74) is 0.950. The third-order valence-electron chi connectivity index (χ3n) is 3.90. The Kier molecular flexibility index (Phi) is 5.17. The van der Waals surface area contributed by atoms with Gasteiger partial charge < -0.3 is 10.0 Å². The van der Waals surface area contributed by atoms with E-state index in [-0.39, 0.29) is 5.91 Å². The molecule has 0 bridgehead atoms. The highest BCUT2D eigenvalue weighted by Crippen LogP contribution is 2.28. The van der Waals surface area contributed by atoms with Gasteiger partial charge >= 0.3 is 5.97 Å². The second kappa shape index (κ2) is 6.89. The molecule has 2 heterocycles. The van der Waals surface area contributed by atoms with E-state index in [1.54, 1.807) is 6.08 Å². The van der Waals surface area contributed by atoms with Gasteiger partial charge in [0.05, 0.1) is 4.88 Å². The number of amides is 1. The largest absolute Gasteiger partial charge is 0.478 e. The van der Waals surface area contributed by atoms with Gasteiger partial charge in [0.15, 0.2) is 0 Å². The summed E-state index contributed by atoms with van der Waals surface area (Å²) in [6, 6.07) is 2.21. The second-order valence-electron chi connectivity index (χ2n) is 5.39. The molecule has 1 aromatic heterocycles. The fraction of sp³-hybridized carbons (Fsp3) is 0.500. The average Bonchev–Trinajstić information content (AvgIpc) is 2.85. The van der Waals surface area contributed by atoms with Crippen molar-refractivity contribution in [1.82, 2.24) is 4.90 Å². The number of likely N-dealkylation sites (tertiary alicyclic amines) is 1. The van der Waals surface area contributed by atoms with Crippen LogP contribution in [0.4, 0.5) is 0 Å². The van der Waals surface area contributed by atoms with Gasteiger partial charge in [-0.05, 0) is 50.3 Å². The molecule has 1 N–H and O–H groups in total. The first-order valence-corrected chi connectivity index (χ1v) is 8.17. The van der Waals surface area contributed by atoms with Gasteiger partial charge in [0, 0.05) is 23.5 Å². The topological polar surface area (TPSA) is 57.6 Å². The van der Waals surface area contributed by atoms with Gasteiger partial charge in [-0.25, -0.2) is 4.79 Å². The zero-order valence-corrected chi connectivity index (χ0v) is 13.3. The lowest BCUT2D eigenvalue weighted by Gasteiger charge is -2.35. The second-order valence-corrected chi connectivity index (χ2v) is 6.47. The first-order chi connectivity index (χ1) is 10.0. The van der Waals surface area contributed by atoms with E-state index in [1.807, 2.05) is 17.9 Å². The number of nitrogens with zero attached hydrogens (tertiary/aromatic N) is 1. The van der Waals surface area contributed by atoms with Crippen LogP contribution in [-0.4, -0.2) is 34.5 Å². The minimum Gasteiger partial charge on any atom is -0.478 e. The molecule has 0 radical (unpaired) electrons. The maximum absolute atomic E-state index is 12.7. The van der Waals surface area contributed by atoms with E-state index >= 15 is 0 Å². The molecule has 21 heavy (non-hydrogen) atoms. The summed E-state index contributed by atoms with van der Waals surface area (Å²) in [4.78, 5) is 26.8. The van der Waals surface area contributed by atoms with Gasteiger partial charge in [0.25, 0.3) is 5.91 Å². The Hall–Kier alpha value is -1.62. The highest BCUT2D eigenvalue weighted by Gasteiger charge is 2.27. The molecule has 0 aromatic carbocycles. The van der Waals surface area contributed by atoms with Crippen LogP contribution in [0.2, 0.25) is 0 Å². The van der Waals surface area contributed by atoms with Crippen LogP contribution < -0.4 is 0 Å². The van der Waals surface area contributed by atoms with E-state index in [9.17, 15) is 9.59 Å². The van der Waals surface area contributed by atoms with Crippen molar-refractivity contribution in [3.05, 3.63) is 27.5 Å². The van der Waals surface area contributed by atoms with Gasteiger partial charge in [-0.3, -0.25) is 4.79 Å². The van der Waals surface area contributed by atoms with Crippen LogP contribution in [0.25, 0.3) is 6.08 Å². The quantitative estimate of drug-likeness (QED) is 0.865. The molecule has 114 valence electrons. The third-order valence-corrected chi connectivity index (χ3v) is 5.09. The molecule has 1 fully saturated rings. The fourth-order valence-electron chi connectivity index (χ4n) is 2.75. The van der Waals surface area contributed by atoms with Crippen molar-refractivity contribution < 1.29 is 14.7 Å². The Morgan fingerprint density at radius 3 is 2.90 bits per heavy atom. The molecule has 1 aliphatic heterocycles. The summed E-state index contributed by atoms with van der Waals surface area (Å²) in [7, 11) is 0. The number of rotatable bonds is 4. The van der Waals surface area contributed by atoms with Gasteiger partial charge in [-0.15, -0.1) is 11.3 Å².